The second-order valence-corrected chi connectivity index (χ2v) is 12.4. The van der Waals surface area contributed by atoms with E-state index >= 15 is 0 Å². The predicted octanol–water partition coefficient (Wildman–Crippen LogP) is 12.3. The normalized spacial score (nSPS) is 16.9. The van der Waals surface area contributed by atoms with Gasteiger partial charge in [-0.05, 0) is 50.9 Å². The topological polar surface area (TPSA) is 21.8 Å². The lowest BCUT2D eigenvalue weighted by molar-refractivity contribution is 0.00392. The van der Waals surface area contributed by atoms with Gasteiger partial charge in [0.1, 0.15) is 6.10 Å². The van der Waals surface area contributed by atoms with Crippen LogP contribution in [-0.4, -0.2) is 25.4 Å². The summed E-state index contributed by atoms with van der Waals surface area (Å²) in [5, 5.41) is 0. The van der Waals surface area contributed by atoms with Gasteiger partial charge < -0.3 is 9.47 Å². The molecule has 230 valence electrons. The van der Waals surface area contributed by atoms with Crippen molar-refractivity contribution in [2.45, 2.75) is 193 Å². The number of hydrogen-bond acceptors (Lipinski definition) is 2. The summed E-state index contributed by atoms with van der Waals surface area (Å²) in [7, 11) is 0. The van der Waals surface area contributed by atoms with E-state index < -0.39 is 0 Å². The molecule has 1 aliphatic heterocycles. The second kappa shape index (κ2) is 28.9. The van der Waals surface area contributed by atoms with E-state index in [9.17, 15) is 0 Å². The summed E-state index contributed by atoms with van der Waals surface area (Å²) in [5.41, 5.74) is 0. The van der Waals surface area contributed by atoms with Crippen molar-refractivity contribution in [3.8, 4) is 0 Å². The molecule has 3 unspecified atom stereocenters. The third-order valence-corrected chi connectivity index (χ3v) is 8.44. The van der Waals surface area contributed by atoms with Gasteiger partial charge in [-0.15, -0.1) is 0 Å². The van der Waals surface area contributed by atoms with Gasteiger partial charge in [0.15, 0.2) is 0 Å². The highest BCUT2D eigenvalue weighted by molar-refractivity contribution is 4.91. The Bertz CT molecular complexity index is 536. The van der Waals surface area contributed by atoms with Crippen LogP contribution in [0.5, 0.6) is 0 Å². The van der Waals surface area contributed by atoms with Crippen LogP contribution < -0.4 is 0 Å². The average molecular weight is 547 g/mol. The fraction of sp³-hybridized carbons (Fsp3) is 0.892. The van der Waals surface area contributed by atoms with E-state index in [2.05, 4.69) is 45.1 Å². The Morgan fingerprint density at radius 1 is 0.564 bits per heavy atom. The standard InChI is InChI=1S/C37H70O2/c1-4-7-10-12-14-16-18-20-22-24-26-28-31-35(30-9-6-3)37(39-34-36-33-38-36)32-29-27-25-23-21-19-17-15-13-11-8-5-2/h26-29,35-37H,4-25,30-34H2,1-3H3. The van der Waals surface area contributed by atoms with Crippen LogP contribution in [0.2, 0.25) is 0 Å². The summed E-state index contributed by atoms with van der Waals surface area (Å²) in [6.07, 6.45) is 44.4. The summed E-state index contributed by atoms with van der Waals surface area (Å²) in [5.74, 6) is 0.625. The van der Waals surface area contributed by atoms with E-state index in [1.807, 2.05) is 0 Å². The largest absolute Gasteiger partial charge is 0.375 e. The number of epoxide rings is 1. The lowest BCUT2D eigenvalue weighted by Gasteiger charge is -2.26. The molecule has 2 heteroatoms. The van der Waals surface area contributed by atoms with Crippen molar-refractivity contribution < 1.29 is 9.47 Å². The second-order valence-electron chi connectivity index (χ2n) is 12.4. The van der Waals surface area contributed by atoms with Crippen LogP contribution in [0.3, 0.4) is 0 Å². The average Bonchev–Trinajstić information content (AvgIpc) is 3.78. The Morgan fingerprint density at radius 3 is 1.46 bits per heavy atom. The first-order valence-corrected chi connectivity index (χ1v) is 17.8. The van der Waals surface area contributed by atoms with Gasteiger partial charge in [-0.1, -0.05) is 161 Å². The van der Waals surface area contributed by atoms with Crippen molar-refractivity contribution in [2.75, 3.05) is 13.2 Å². The maximum absolute atomic E-state index is 6.47. The summed E-state index contributed by atoms with van der Waals surface area (Å²) >= 11 is 0. The Labute approximate surface area is 246 Å². The Kier molecular flexibility index (Phi) is 27.0. The summed E-state index contributed by atoms with van der Waals surface area (Å²) < 4.78 is 11.9. The van der Waals surface area contributed by atoms with Gasteiger partial charge >= 0.3 is 0 Å². The molecule has 1 fully saturated rings. The highest BCUT2D eigenvalue weighted by Crippen LogP contribution is 2.25. The molecule has 1 rings (SSSR count). The molecular weight excluding hydrogens is 476 g/mol. The lowest BCUT2D eigenvalue weighted by Crippen LogP contribution is -2.25. The smallest absolute Gasteiger partial charge is 0.104 e. The SMILES string of the molecule is CCCCCCCCCCCC=CCC(CCCC)C(CC=CCCCCCCCCCCC)OCC1CO1. The quantitative estimate of drug-likeness (QED) is 0.0490. The van der Waals surface area contributed by atoms with Crippen LogP contribution in [-0.2, 0) is 9.47 Å². The molecule has 0 N–H and O–H groups in total. The van der Waals surface area contributed by atoms with Crippen LogP contribution >= 0.6 is 0 Å². The molecule has 3 atom stereocenters. The number of unbranched alkanes of at least 4 members (excludes halogenated alkanes) is 19. The molecule has 2 nitrogen and oxygen atoms in total. The molecule has 0 bridgehead atoms. The zero-order valence-electron chi connectivity index (χ0n) is 26.9. The first kappa shape index (κ1) is 36.4. The van der Waals surface area contributed by atoms with Crippen LogP contribution in [0.15, 0.2) is 24.3 Å². The van der Waals surface area contributed by atoms with Gasteiger partial charge in [0.25, 0.3) is 0 Å². The van der Waals surface area contributed by atoms with Crippen LogP contribution in [0.1, 0.15) is 181 Å². The third-order valence-electron chi connectivity index (χ3n) is 8.44. The minimum atomic E-state index is 0.331. The minimum Gasteiger partial charge on any atom is -0.375 e. The Balaban J connectivity index is 2.28. The molecule has 0 saturated carbocycles. The van der Waals surface area contributed by atoms with Crippen molar-refractivity contribution in [1.29, 1.82) is 0 Å². The molecule has 39 heavy (non-hydrogen) atoms. The fourth-order valence-corrected chi connectivity index (χ4v) is 5.60. The molecule has 0 aromatic carbocycles. The van der Waals surface area contributed by atoms with Gasteiger partial charge in [-0.3, -0.25) is 0 Å². The van der Waals surface area contributed by atoms with E-state index in [1.165, 1.54) is 154 Å². The number of hydrogen-bond donors (Lipinski definition) is 0. The summed E-state index contributed by atoms with van der Waals surface area (Å²) in [4.78, 5) is 0. The van der Waals surface area contributed by atoms with E-state index in [0.717, 1.165) is 19.6 Å². The monoisotopic (exact) mass is 547 g/mol. The molecule has 0 amide bonds. The predicted molar refractivity (Wildman–Crippen MR) is 174 cm³/mol. The van der Waals surface area contributed by atoms with Crippen molar-refractivity contribution in [1.82, 2.24) is 0 Å². The first-order valence-electron chi connectivity index (χ1n) is 17.8. The maximum Gasteiger partial charge on any atom is 0.104 e. The van der Waals surface area contributed by atoms with Gasteiger partial charge in [-0.2, -0.15) is 0 Å². The van der Waals surface area contributed by atoms with Gasteiger partial charge in [0.2, 0.25) is 0 Å². The highest BCUT2D eigenvalue weighted by Gasteiger charge is 2.27. The van der Waals surface area contributed by atoms with Crippen LogP contribution in [0, 0.1) is 5.92 Å². The molecule has 0 spiro atoms. The van der Waals surface area contributed by atoms with E-state index in [0.29, 0.717) is 18.1 Å². The molecule has 1 saturated heterocycles. The Morgan fingerprint density at radius 2 is 1.00 bits per heavy atom. The van der Waals surface area contributed by atoms with E-state index in [4.69, 9.17) is 9.47 Å². The van der Waals surface area contributed by atoms with Crippen LogP contribution in [0.4, 0.5) is 0 Å². The zero-order chi connectivity index (χ0) is 28.1. The van der Waals surface area contributed by atoms with Crippen LogP contribution in [0.25, 0.3) is 0 Å². The summed E-state index contributed by atoms with van der Waals surface area (Å²) in [6, 6.07) is 0. The van der Waals surface area contributed by atoms with Crippen molar-refractivity contribution in [3.05, 3.63) is 24.3 Å². The summed E-state index contributed by atoms with van der Waals surface area (Å²) in [6.45, 7) is 8.58. The molecule has 0 aromatic rings. The first-order chi connectivity index (χ1) is 19.3. The lowest BCUT2D eigenvalue weighted by atomic mass is 9.90. The molecule has 1 aliphatic rings. The zero-order valence-corrected chi connectivity index (χ0v) is 26.9. The van der Waals surface area contributed by atoms with Crippen molar-refractivity contribution >= 4 is 0 Å². The minimum absolute atomic E-state index is 0.331. The van der Waals surface area contributed by atoms with E-state index in [1.54, 1.807) is 0 Å². The van der Waals surface area contributed by atoms with Gasteiger partial charge in [-0.25, -0.2) is 0 Å². The van der Waals surface area contributed by atoms with Gasteiger partial charge in [0.05, 0.1) is 19.3 Å². The molecule has 0 aromatic heterocycles. The molecule has 1 heterocycles. The van der Waals surface area contributed by atoms with E-state index in [-0.39, 0.29) is 0 Å². The molecular formula is C37H70O2. The van der Waals surface area contributed by atoms with Crippen molar-refractivity contribution in [2.24, 2.45) is 5.92 Å². The maximum atomic E-state index is 6.47. The number of rotatable bonds is 31. The molecule has 0 radical (unpaired) electrons. The molecule has 0 aliphatic carbocycles. The highest BCUT2D eigenvalue weighted by atomic mass is 16.6. The Hall–Kier alpha value is -0.600. The number of allylic oxidation sites excluding steroid dienone is 3. The van der Waals surface area contributed by atoms with Gasteiger partial charge in [0, 0.05) is 0 Å². The number of ether oxygens (including phenoxy) is 2. The third kappa shape index (κ3) is 24.9. The fourth-order valence-electron chi connectivity index (χ4n) is 5.60. The van der Waals surface area contributed by atoms with Crippen molar-refractivity contribution in [3.63, 3.8) is 0 Å².